The Morgan fingerprint density at radius 2 is 1.64 bits per heavy atom. The van der Waals surface area contributed by atoms with Crippen LogP contribution in [0.4, 0.5) is 0 Å². The van der Waals surface area contributed by atoms with E-state index in [1.807, 2.05) is 0 Å². The van der Waals surface area contributed by atoms with Crippen LogP contribution < -0.4 is 0 Å². The standard InChI is InChI=1S/C12H21NO/c14-12-8-4-2-1-3-7-11(12)13-9-5-6-10-13/h1-2,11-12,14H,3-10H2/t11-,12+/m1/s1. The molecule has 0 spiro atoms. The van der Waals surface area contributed by atoms with E-state index < -0.39 is 0 Å². The second kappa shape index (κ2) is 4.94. The molecule has 2 atom stereocenters. The van der Waals surface area contributed by atoms with Crippen molar-refractivity contribution in [1.29, 1.82) is 0 Å². The number of rotatable bonds is 1. The molecule has 2 nitrogen and oxygen atoms in total. The minimum atomic E-state index is -0.0990. The lowest BCUT2D eigenvalue weighted by Crippen LogP contribution is -2.42. The second-order valence-electron chi connectivity index (χ2n) is 4.50. The number of hydrogen-bond donors (Lipinski definition) is 1. The molecule has 2 heteroatoms. The van der Waals surface area contributed by atoms with Crippen molar-refractivity contribution in [1.82, 2.24) is 4.90 Å². The van der Waals surface area contributed by atoms with Crippen LogP contribution >= 0.6 is 0 Å². The summed E-state index contributed by atoms with van der Waals surface area (Å²) in [5, 5.41) is 10.1. The second-order valence-corrected chi connectivity index (χ2v) is 4.50. The summed E-state index contributed by atoms with van der Waals surface area (Å²) in [7, 11) is 0. The maximum absolute atomic E-state index is 10.1. The van der Waals surface area contributed by atoms with Crippen molar-refractivity contribution in [2.45, 2.75) is 50.7 Å². The highest BCUT2D eigenvalue weighted by atomic mass is 16.3. The van der Waals surface area contributed by atoms with Crippen LogP contribution in [-0.4, -0.2) is 35.2 Å². The van der Waals surface area contributed by atoms with Crippen LogP contribution in [0.5, 0.6) is 0 Å². The van der Waals surface area contributed by atoms with E-state index in [-0.39, 0.29) is 6.10 Å². The Balaban J connectivity index is 1.95. The van der Waals surface area contributed by atoms with Gasteiger partial charge in [-0.05, 0) is 51.6 Å². The molecule has 1 saturated heterocycles. The number of aliphatic hydroxyl groups excluding tert-OH is 1. The number of aliphatic hydroxyl groups is 1. The lowest BCUT2D eigenvalue weighted by Gasteiger charge is -2.32. The predicted molar refractivity (Wildman–Crippen MR) is 58.2 cm³/mol. The molecule has 0 aromatic heterocycles. The normalized spacial score (nSPS) is 35.5. The molecular formula is C12H21NO. The number of allylic oxidation sites excluding steroid dienone is 2. The summed E-state index contributed by atoms with van der Waals surface area (Å²) >= 11 is 0. The summed E-state index contributed by atoms with van der Waals surface area (Å²) in [4.78, 5) is 2.49. The summed E-state index contributed by atoms with van der Waals surface area (Å²) < 4.78 is 0. The van der Waals surface area contributed by atoms with Gasteiger partial charge in [-0.2, -0.15) is 0 Å². The monoisotopic (exact) mass is 195 g/mol. The molecule has 1 heterocycles. The zero-order chi connectivity index (χ0) is 9.80. The van der Waals surface area contributed by atoms with E-state index in [1.54, 1.807) is 0 Å². The smallest absolute Gasteiger partial charge is 0.0698 e. The summed E-state index contributed by atoms with van der Waals surface area (Å²) in [6, 6.07) is 0.433. The van der Waals surface area contributed by atoms with Crippen LogP contribution in [0.3, 0.4) is 0 Å². The first-order valence-corrected chi connectivity index (χ1v) is 5.95. The maximum Gasteiger partial charge on any atom is 0.0698 e. The van der Waals surface area contributed by atoms with E-state index in [9.17, 15) is 5.11 Å². The van der Waals surface area contributed by atoms with E-state index in [0.717, 1.165) is 25.7 Å². The Morgan fingerprint density at radius 1 is 1.00 bits per heavy atom. The molecule has 1 aliphatic carbocycles. The van der Waals surface area contributed by atoms with Crippen LogP contribution in [0.15, 0.2) is 12.2 Å². The summed E-state index contributed by atoms with van der Waals surface area (Å²) in [5.74, 6) is 0. The predicted octanol–water partition coefficient (Wildman–Crippen LogP) is 1.94. The first-order valence-electron chi connectivity index (χ1n) is 5.95. The number of hydrogen-bond acceptors (Lipinski definition) is 2. The van der Waals surface area contributed by atoms with Crippen LogP contribution in [0.2, 0.25) is 0 Å². The van der Waals surface area contributed by atoms with Gasteiger partial charge in [0.1, 0.15) is 0 Å². The molecule has 14 heavy (non-hydrogen) atoms. The Labute approximate surface area is 86.6 Å². The summed E-state index contributed by atoms with van der Waals surface area (Å²) in [6.07, 6.45) is 11.3. The van der Waals surface area contributed by atoms with Gasteiger partial charge in [0.25, 0.3) is 0 Å². The molecule has 80 valence electrons. The van der Waals surface area contributed by atoms with Gasteiger partial charge in [-0.3, -0.25) is 4.90 Å². The van der Waals surface area contributed by atoms with Crippen molar-refractivity contribution in [3.63, 3.8) is 0 Å². The molecule has 2 aliphatic rings. The van der Waals surface area contributed by atoms with Crippen LogP contribution in [0.1, 0.15) is 38.5 Å². The van der Waals surface area contributed by atoms with Gasteiger partial charge >= 0.3 is 0 Å². The van der Waals surface area contributed by atoms with Gasteiger partial charge in [-0.25, -0.2) is 0 Å². The number of nitrogens with zero attached hydrogens (tertiary/aromatic N) is 1. The SMILES string of the molecule is O[C@H]1CCC=CCC[C@H]1N1CCCC1. The molecule has 0 aromatic rings. The van der Waals surface area contributed by atoms with Crippen molar-refractivity contribution < 1.29 is 5.11 Å². The fraction of sp³-hybridized carbons (Fsp3) is 0.833. The van der Waals surface area contributed by atoms with Crippen molar-refractivity contribution in [3.05, 3.63) is 12.2 Å². The van der Waals surface area contributed by atoms with E-state index >= 15 is 0 Å². The third-order valence-corrected chi connectivity index (χ3v) is 3.48. The summed E-state index contributed by atoms with van der Waals surface area (Å²) in [6.45, 7) is 2.40. The molecule has 0 unspecified atom stereocenters. The first kappa shape index (κ1) is 10.2. The molecule has 0 amide bonds. The molecule has 2 rings (SSSR count). The third kappa shape index (κ3) is 2.37. The molecule has 1 N–H and O–H groups in total. The molecule has 0 saturated carbocycles. The third-order valence-electron chi connectivity index (χ3n) is 3.48. The maximum atomic E-state index is 10.1. The Hall–Kier alpha value is -0.340. The highest BCUT2D eigenvalue weighted by Gasteiger charge is 2.27. The molecule has 0 aromatic carbocycles. The van der Waals surface area contributed by atoms with E-state index in [1.165, 1.54) is 25.9 Å². The average molecular weight is 195 g/mol. The first-order chi connectivity index (χ1) is 6.88. The lowest BCUT2D eigenvalue weighted by atomic mass is 9.97. The van der Waals surface area contributed by atoms with Gasteiger partial charge in [0, 0.05) is 6.04 Å². The minimum absolute atomic E-state index is 0.0990. The molecule has 0 radical (unpaired) electrons. The van der Waals surface area contributed by atoms with Gasteiger partial charge in [0.05, 0.1) is 6.10 Å². The Morgan fingerprint density at radius 3 is 2.36 bits per heavy atom. The van der Waals surface area contributed by atoms with Gasteiger partial charge in [0.15, 0.2) is 0 Å². The van der Waals surface area contributed by atoms with Gasteiger partial charge in [-0.1, -0.05) is 12.2 Å². The van der Waals surface area contributed by atoms with E-state index in [4.69, 9.17) is 0 Å². The summed E-state index contributed by atoms with van der Waals surface area (Å²) in [5.41, 5.74) is 0. The van der Waals surface area contributed by atoms with Gasteiger partial charge in [0.2, 0.25) is 0 Å². The van der Waals surface area contributed by atoms with Gasteiger partial charge in [-0.15, -0.1) is 0 Å². The van der Waals surface area contributed by atoms with Crippen LogP contribution in [-0.2, 0) is 0 Å². The lowest BCUT2D eigenvalue weighted by molar-refractivity contribution is 0.0510. The minimum Gasteiger partial charge on any atom is -0.391 e. The van der Waals surface area contributed by atoms with Crippen LogP contribution in [0, 0.1) is 0 Å². The van der Waals surface area contributed by atoms with Crippen molar-refractivity contribution in [2.75, 3.05) is 13.1 Å². The Kier molecular flexibility index (Phi) is 3.60. The highest BCUT2D eigenvalue weighted by Crippen LogP contribution is 2.22. The fourth-order valence-electron chi connectivity index (χ4n) is 2.65. The molecule has 1 aliphatic heterocycles. The van der Waals surface area contributed by atoms with Crippen molar-refractivity contribution >= 4 is 0 Å². The highest BCUT2D eigenvalue weighted by molar-refractivity contribution is 4.92. The molecule has 1 fully saturated rings. The quantitative estimate of drug-likeness (QED) is 0.646. The fourth-order valence-corrected chi connectivity index (χ4v) is 2.65. The van der Waals surface area contributed by atoms with Crippen molar-refractivity contribution in [3.8, 4) is 0 Å². The molecular weight excluding hydrogens is 174 g/mol. The zero-order valence-electron chi connectivity index (χ0n) is 8.86. The largest absolute Gasteiger partial charge is 0.391 e. The Bertz CT molecular complexity index is 196. The molecule has 0 bridgehead atoms. The average Bonchev–Trinajstić information content (AvgIpc) is 2.65. The van der Waals surface area contributed by atoms with Crippen LogP contribution in [0.25, 0.3) is 0 Å². The van der Waals surface area contributed by atoms with E-state index in [0.29, 0.717) is 6.04 Å². The van der Waals surface area contributed by atoms with Crippen molar-refractivity contribution in [2.24, 2.45) is 0 Å². The number of likely N-dealkylation sites (tertiary alicyclic amines) is 1. The van der Waals surface area contributed by atoms with E-state index in [2.05, 4.69) is 17.1 Å². The topological polar surface area (TPSA) is 23.5 Å². The zero-order valence-corrected chi connectivity index (χ0v) is 8.86. The van der Waals surface area contributed by atoms with Gasteiger partial charge < -0.3 is 5.11 Å².